The van der Waals surface area contributed by atoms with E-state index >= 15 is 0 Å². The number of nitrogens with one attached hydrogen (secondary N) is 1. The summed E-state index contributed by atoms with van der Waals surface area (Å²) >= 11 is 6.21. The van der Waals surface area contributed by atoms with E-state index in [9.17, 15) is 9.59 Å². The Hall–Kier alpha value is -2.44. The number of aromatic nitrogens is 1. The number of nitrogens with zero attached hydrogens (tertiary/aromatic N) is 3. The number of hydrogen-bond donors (Lipinski definition) is 1. The van der Waals surface area contributed by atoms with Crippen LogP contribution in [0.3, 0.4) is 0 Å². The number of likely N-dealkylation sites (tertiary alicyclic amines) is 1. The molecule has 164 valence electrons. The number of carbonyl (C=O) groups excluding carboxylic acids is 2. The number of unbranched alkanes of at least 4 members (excludes halogenated alkanes) is 2. The zero-order valence-electron chi connectivity index (χ0n) is 17.8. The Bertz CT molecular complexity index is 941. The molecular formula is C24H29ClN4O2. The molecule has 0 spiro atoms. The average molecular weight is 441 g/mol. The number of hydrogen-bond acceptors (Lipinski definition) is 4. The third-order valence-corrected chi connectivity index (χ3v) is 6.24. The van der Waals surface area contributed by atoms with E-state index in [1.165, 1.54) is 38.8 Å². The van der Waals surface area contributed by atoms with E-state index < -0.39 is 0 Å². The number of pyridine rings is 1. The van der Waals surface area contributed by atoms with Crippen molar-refractivity contribution in [3.63, 3.8) is 0 Å². The molecule has 1 fully saturated rings. The maximum Gasteiger partial charge on any atom is 0.257 e. The average Bonchev–Trinajstić information content (AvgIpc) is 3.09. The summed E-state index contributed by atoms with van der Waals surface area (Å²) in [4.78, 5) is 34.5. The van der Waals surface area contributed by atoms with Crippen molar-refractivity contribution in [2.75, 3.05) is 29.9 Å². The summed E-state index contributed by atoms with van der Waals surface area (Å²) in [6.45, 7) is 3.51. The van der Waals surface area contributed by atoms with E-state index in [1.54, 1.807) is 41.4 Å². The molecule has 2 aliphatic heterocycles. The molecule has 1 saturated heterocycles. The van der Waals surface area contributed by atoms with Crippen molar-refractivity contribution in [2.45, 2.75) is 51.4 Å². The minimum atomic E-state index is -0.270. The maximum absolute atomic E-state index is 13.3. The highest BCUT2D eigenvalue weighted by molar-refractivity contribution is 6.31. The van der Waals surface area contributed by atoms with Gasteiger partial charge in [0, 0.05) is 17.6 Å². The van der Waals surface area contributed by atoms with E-state index in [0.29, 0.717) is 34.2 Å². The van der Waals surface area contributed by atoms with Crippen LogP contribution in [0.1, 0.15) is 61.7 Å². The van der Waals surface area contributed by atoms with Crippen LogP contribution in [0.4, 0.5) is 17.2 Å². The lowest BCUT2D eigenvalue weighted by Crippen LogP contribution is -2.27. The Morgan fingerprint density at radius 1 is 1.06 bits per heavy atom. The lowest BCUT2D eigenvalue weighted by atomic mass is 10.1. The molecule has 1 N–H and O–H groups in total. The van der Waals surface area contributed by atoms with Crippen LogP contribution in [0, 0.1) is 0 Å². The fraction of sp³-hybridized carbons (Fsp3) is 0.458. The van der Waals surface area contributed by atoms with Crippen molar-refractivity contribution in [3.05, 3.63) is 47.1 Å². The second kappa shape index (κ2) is 10.2. The Morgan fingerprint density at radius 3 is 2.68 bits per heavy atom. The van der Waals surface area contributed by atoms with Gasteiger partial charge in [0.15, 0.2) is 5.82 Å². The molecular weight excluding hydrogens is 412 g/mol. The first-order chi connectivity index (χ1) is 15.1. The number of halogens is 1. The molecule has 0 aliphatic carbocycles. The zero-order chi connectivity index (χ0) is 21.6. The Balaban J connectivity index is 1.44. The van der Waals surface area contributed by atoms with Gasteiger partial charge >= 0.3 is 0 Å². The molecule has 0 saturated carbocycles. The van der Waals surface area contributed by atoms with Gasteiger partial charge in [0.25, 0.3) is 5.91 Å². The van der Waals surface area contributed by atoms with E-state index in [4.69, 9.17) is 11.6 Å². The van der Waals surface area contributed by atoms with Gasteiger partial charge in [-0.05, 0) is 75.6 Å². The number of carbonyl (C=O) groups is 2. The minimum Gasteiger partial charge on any atom is -0.319 e. The van der Waals surface area contributed by atoms with Gasteiger partial charge in [-0.25, -0.2) is 4.98 Å². The van der Waals surface area contributed by atoms with Crippen LogP contribution in [-0.2, 0) is 4.79 Å². The van der Waals surface area contributed by atoms with Crippen molar-refractivity contribution in [1.82, 2.24) is 9.88 Å². The first kappa shape index (κ1) is 21.8. The van der Waals surface area contributed by atoms with Gasteiger partial charge in [-0.2, -0.15) is 0 Å². The van der Waals surface area contributed by atoms with Crippen LogP contribution in [0.25, 0.3) is 0 Å². The highest BCUT2D eigenvalue weighted by Gasteiger charge is 2.30. The van der Waals surface area contributed by atoms with Crippen LogP contribution < -0.4 is 10.2 Å². The fourth-order valence-corrected chi connectivity index (χ4v) is 4.54. The molecule has 0 bridgehead atoms. The van der Waals surface area contributed by atoms with Crippen molar-refractivity contribution in [1.29, 1.82) is 0 Å². The van der Waals surface area contributed by atoms with Gasteiger partial charge in [0.1, 0.15) is 0 Å². The molecule has 1 aromatic carbocycles. The lowest BCUT2D eigenvalue weighted by Gasteiger charge is -2.23. The van der Waals surface area contributed by atoms with Gasteiger partial charge in [-0.1, -0.05) is 30.9 Å². The summed E-state index contributed by atoms with van der Waals surface area (Å²) in [5.41, 5.74) is 1.42. The van der Waals surface area contributed by atoms with Gasteiger partial charge in [-0.3, -0.25) is 14.5 Å². The lowest BCUT2D eigenvalue weighted by molar-refractivity contribution is -0.118. The minimum absolute atomic E-state index is 0.0743. The molecule has 7 heteroatoms. The fourth-order valence-electron chi connectivity index (χ4n) is 4.37. The molecule has 3 heterocycles. The van der Waals surface area contributed by atoms with Crippen molar-refractivity contribution in [3.8, 4) is 0 Å². The molecule has 1 aromatic heterocycles. The number of benzene rings is 1. The second-order valence-electron chi connectivity index (χ2n) is 8.29. The predicted octanol–water partition coefficient (Wildman–Crippen LogP) is 5.40. The Kier molecular flexibility index (Phi) is 7.20. The SMILES string of the molecule is O=C1Nc2cccnc2N(C(=O)CCCCCN2CCCCCC2)c2cc(Cl)ccc21. The third-order valence-electron chi connectivity index (χ3n) is 6.01. The summed E-state index contributed by atoms with van der Waals surface area (Å²) in [5, 5.41) is 3.33. The molecule has 0 atom stereocenters. The first-order valence-electron chi connectivity index (χ1n) is 11.2. The van der Waals surface area contributed by atoms with Crippen LogP contribution in [0.15, 0.2) is 36.5 Å². The molecule has 2 aromatic rings. The summed E-state index contributed by atoms with van der Waals surface area (Å²) in [5.74, 6) is 0.0924. The highest BCUT2D eigenvalue weighted by Crippen LogP contribution is 2.38. The Morgan fingerprint density at radius 2 is 1.87 bits per heavy atom. The molecule has 2 aliphatic rings. The summed E-state index contributed by atoms with van der Waals surface area (Å²) < 4.78 is 0. The Labute approximate surface area is 188 Å². The summed E-state index contributed by atoms with van der Waals surface area (Å²) in [6, 6.07) is 8.48. The molecule has 4 rings (SSSR count). The van der Waals surface area contributed by atoms with Crippen LogP contribution in [0.2, 0.25) is 5.02 Å². The highest BCUT2D eigenvalue weighted by atomic mass is 35.5. The van der Waals surface area contributed by atoms with Crippen molar-refractivity contribution < 1.29 is 9.59 Å². The maximum atomic E-state index is 13.3. The normalized spacial score (nSPS) is 16.7. The van der Waals surface area contributed by atoms with Crippen LogP contribution in [0.5, 0.6) is 0 Å². The monoisotopic (exact) mass is 440 g/mol. The smallest absolute Gasteiger partial charge is 0.257 e. The number of rotatable bonds is 6. The van der Waals surface area contributed by atoms with E-state index in [1.807, 2.05) is 0 Å². The van der Waals surface area contributed by atoms with Crippen molar-refractivity contribution in [2.24, 2.45) is 0 Å². The van der Waals surface area contributed by atoms with Crippen molar-refractivity contribution >= 4 is 40.6 Å². The topological polar surface area (TPSA) is 65.5 Å². The van der Waals surface area contributed by atoms with Gasteiger partial charge in [-0.15, -0.1) is 0 Å². The number of anilines is 3. The third kappa shape index (κ3) is 5.25. The molecule has 0 unspecified atom stereocenters. The van der Waals surface area contributed by atoms with Gasteiger partial charge < -0.3 is 10.2 Å². The van der Waals surface area contributed by atoms with Gasteiger partial charge in [0.2, 0.25) is 5.91 Å². The molecule has 31 heavy (non-hydrogen) atoms. The second-order valence-corrected chi connectivity index (χ2v) is 8.72. The molecule has 0 radical (unpaired) electrons. The quantitative estimate of drug-likeness (QED) is 0.610. The first-order valence-corrected chi connectivity index (χ1v) is 11.6. The zero-order valence-corrected chi connectivity index (χ0v) is 18.5. The van der Waals surface area contributed by atoms with Crippen LogP contribution >= 0.6 is 11.6 Å². The summed E-state index contributed by atoms with van der Waals surface area (Å²) in [6.07, 6.45) is 10.2. The van der Waals surface area contributed by atoms with E-state index in [2.05, 4.69) is 15.2 Å². The van der Waals surface area contributed by atoms with E-state index in [0.717, 1.165) is 25.8 Å². The standard InChI is InChI=1S/C24H29ClN4O2/c25-18-11-12-19-21(17-18)29(23-20(27-24(19)31)9-8-13-26-23)22(30)10-4-3-7-16-28-14-5-1-2-6-15-28/h8-9,11-13,17H,1-7,10,14-16H2,(H,27,31). The molecule has 6 nitrogen and oxygen atoms in total. The van der Waals surface area contributed by atoms with E-state index in [-0.39, 0.29) is 11.8 Å². The van der Waals surface area contributed by atoms with Crippen LogP contribution in [-0.4, -0.2) is 41.3 Å². The summed E-state index contributed by atoms with van der Waals surface area (Å²) in [7, 11) is 0. The number of amides is 2. The largest absolute Gasteiger partial charge is 0.319 e. The predicted molar refractivity (Wildman–Crippen MR) is 124 cm³/mol. The van der Waals surface area contributed by atoms with Gasteiger partial charge in [0.05, 0.1) is 16.9 Å². The molecule has 2 amide bonds. The number of fused-ring (bicyclic) bond motifs is 2.